The van der Waals surface area contributed by atoms with Gasteiger partial charge in [-0.25, -0.2) is 0 Å². The lowest BCUT2D eigenvalue weighted by Crippen LogP contribution is -2.26. The first kappa shape index (κ1) is 17.9. The van der Waals surface area contributed by atoms with Crippen molar-refractivity contribution in [3.8, 4) is 0 Å². The topological polar surface area (TPSA) is 88.1 Å². The molecule has 6 nitrogen and oxygen atoms in total. The van der Waals surface area contributed by atoms with Gasteiger partial charge < -0.3 is 5.73 Å². The second kappa shape index (κ2) is 7.90. The first-order valence-corrected chi connectivity index (χ1v) is 7.67. The fraction of sp³-hybridized carbons (Fsp3) is 0.125. The highest BCUT2D eigenvalue weighted by atomic mass is 35.5. The molecule has 1 amide bonds. The number of nitrogen functional groups attached to an aromatic ring is 1. The standard InChI is InChI=1S/C16H14Cl2N4O2/c1-10(23)8-16(24)22(13-5-2-11(19)3-6-13)21-20-12-4-7-14(17)15(18)9-12/h2-7,9H,8,19H2,1H3. The lowest BCUT2D eigenvalue weighted by molar-refractivity contribution is -0.125. The summed E-state index contributed by atoms with van der Waals surface area (Å²) >= 11 is 11.8. The van der Waals surface area contributed by atoms with E-state index in [2.05, 4.69) is 10.3 Å². The van der Waals surface area contributed by atoms with Gasteiger partial charge in [-0.05, 0) is 49.4 Å². The average molecular weight is 365 g/mol. The van der Waals surface area contributed by atoms with Gasteiger partial charge in [-0.2, -0.15) is 5.01 Å². The van der Waals surface area contributed by atoms with E-state index in [9.17, 15) is 9.59 Å². The second-order valence-corrected chi connectivity index (χ2v) is 5.78. The summed E-state index contributed by atoms with van der Waals surface area (Å²) in [5.74, 6) is -0.777. The van der Waals surface area contributed by atoms with Gasteiger partial charge in [0.05, 0.1) is 27.8 Å². The summed E-state index contributed by atoms with van der Waals surface area (Å²) in [6, 6.07) is 11.2. The van der Waals surface area contributed by atoms with Gasteiger partial charge in [0.2, 0.25) is 0 Å². The molecular formula is C16H14Cl2N4O2. The molecule has 0 heterocycles. The van der Waals surface area contributed by atoms with E-state index in [1.807, 2.05) is 0 Å². The largest absolute Gasteiger partial charge is 0.399 e. The van der Waals surface area contributed by atoms with E-state index in [1.165, 1.54) is 13.0 Å². The molecule has 2 aromatic rings. The number of carbonyl (C=O) groups excluding carboxylic acids is 2. The van der Waals surface area contributed by atoms with E-state index in [0.29, 0.717) is 27.1 Å². The smallest absolute Gasteiger partial charge is 0.256 e. The molecule has 8 heteroatoms. The lowest BCUT2D eigenvalue weighted by atomic mass is 10.2. The lowest BCUT2D eigenvalue weighted by Gasteiger charge is -2.15. The molecule has 0 atom stereocenters. The summed E-state index contributed by atoms with van der Waals surface area (Å²) in [7, 11) is 0. The molecule has 0 aliphatic rings. The van der Waals surface area contributed by atoms with E-state index >= 15 is 0 Å². The maximum absolute atomic E-state index is 12.3. The number of benzene rings is 2. The molecule has 0 aliphatic heterocycles. The van der Waals surface area contributed by atoms with Crippen molar-refractivity contribution in [2.24, 2.45) is 10.3 Å². The molecule has 2 rings (SSSR count). The van der Waals surface area contributed by atoms with Crippen LogP contribution in [0, 0.1) is 0 Å². The van der Waals surface area contributed by atoms with Crippen molar-refractivity contribution in [3.05, 3.63) is 52.5 Å². The van der Waals surface area contributed by atoms with Crippen LogP contribution in [0.15, 0.2) is 52.8 Å². The van der Waals surface area contributed by atoms with Crippen LogP contribution in [0.5, 0.6) is 0 Å². The number of amides is 1. The van der Waals surface area contributed by atoms with Crippen LogP contribution >= 0.6 is 23.2 Å². The van der Waals surface area contributed by atoms with Crippen LogP contribution in [-0.4, -0.2) is 11.7 Å². The minimum absolute atomic E-state index is 0.273. The molecule has 0 saturated heterocycles. The molecule has 2 aromatic carbocycles. The van der Waals surface area contributed by atoms with E-state index in [1.54, 1.807) is 36.4 Å². The number of halogens is 2. The summed E-state index contributed by atoms with van der Waals surface area (Å²) in [5, 5.41) is 9.67. The number of Topliss-reactive ketones (excluding diaryl/α,β-unsaturated/α-hetero) is 1. The summed E-state index contributed by atoms with van der Waals surface area (Å²) in [6.07, 6.45) is -0.287. The predicted octanol–water partition coefficient (Wildman–Crippen LogP) is 4.59. The quantitative estimate of drug-likeness (QED) is 0.364. The van der Waals surface area contributed by atoms with Crippen molar-refractivity contribution >= 4 is 52.0 Å². The Morgan fingerprint density at radius 1 is 1.08 bits per heavy atom. The zero-order valence-electron chi connectivity index (χ0n) is 12.7. The Morgan fingerprint density at radius 2 is 1.75 bits per heavy atom. The van der Waals surface area contributed by atoms with Gasteiger partial charge in [0, 0.05) is 5.69 Å². The Morgan fingerprint density at radius 3 is 2.33 bits per heavy atom. The third kappa shape index (κ3) is 4.78. The molecule has 0 unspecified atom stereocenters. The van der Waals surface area contributed by atoms with Crippen molar-refractivity contribution in [1.29, 1.82) is 0 Å². The second-order valence-electron chi connectivity index (χ2n) is 4.96. The van der Waals surface area contributed by atoms with Gasteiger partial charge in [0.1, 0.15) is 5.78 Å². The van der Waals surface area contributed by atoms with Crippen molar-refractivity contribution in [2.75, 3.05) is 10.7 Å². The zero-order valence-corrected chi connectivity index (χ0v) is 14.3. The number of hydrogen-bond donors (Lipinski definition) is 1. The number of hydrogen-bond acceptors (Lipinski definition) is 5. The maximum Gasteiger partial charge on any atom is 0.256 e. The van der Waals surface area contributed by atoms with Crippen LogP contribution in [0.3, 0.4) is 0 Å². The number of anilines is 2. The van der Waals surface area contributed by atoms with Crippen molar-refractivity contribution in [3.63, 3.8) is 0 Å². The summed E-state index contributed by atoms with van der Waals surface area (Å²) in [4.78, 5) is 23.5. The number of carbonyl (C=O) groups is 2. The zero-order chi connectivity index (χ0) is 17.7. The minimum atomic E-state index is -0.504. The van der Waals surface area contributed by atoms with Crippen molar-refractivity contribution in [2.45, 2.75) is 13.3 Å². The highest BCUT2D eigenvalue weighted by Gasteiger charge is 2.17. The average Bonchev–Trinajstić information content (AvgIpc) is 2.52. The van der Waals surface area contributed by atoms with Gasteiger partial charge >= 0.3 is 0 Å². The fourth-order valence-electron chi connectivity index (χ4n) is 1.79. The molecule has 0 bridgehead atoms. The van der Waals surface area contributed by atoms with E-state index in [-0.39, 0.29) is 12.2 Å². The monoisotopic (exact) mass is 364 g/mol. The number of nitrogens with two attached hydrogens (primary N) is 1. The van der Waals surface area contributed by atoms with Gasteiger partial charge in [-0.15, -0.1) is 5.11 Å². The Kier molecular flexibility index (Phi) is 5.89. The Hall–Kier alpha value is -2.44. The van der Waals surface area contributed by atoms with Gasteiger partial charge in [-0.1, -0.05) is 28.4 Å². The van der Waals surface area contributed by atoms with E-state index < -0.39 is 5.91 Å². The molecule has 2 N–H and O–H groups in total. The summed E-state index contributed by atoms with van der Waals surface area (Å²) in [5.41, 5.74) is 7.04. The van der Waals surface area contributed by atoms with Crippen LogP contribution in [0.2, 0.25) is 10.0 Å². The van der Waals surface area contributed by atoms with Crippen molar-refractivity contribution in [1.82, 2.24) is 0 Å². The number of rotatable bonds is 5. The Balaban J connectivity index is 2.32. The minimum Gasteiger partial charge on any atom is -0.399 e. The molecule has 0 saturated carbocycles. The van der Waals surface area contributed by atoms with Gasteiger partial charge in [0.25, 0.3) is 5.91 Å². The first-order chi connectivity index (χ1) is 11.4. The van der Waals surface area contributed by atoms with Crippen LogP contribution in [0.4, 0.5) is 17.1 Å². The van der Waals surface area contributed by atoms with Crippen LogP contribution < -0.4 is 10.7 Å². The molecule has 0 spiro atoms. The Bertz CT molecular complexity index is 791. The highest BCUT2D eigenvalue weighted by Crippen LogP contribution is 2.27. The van der Waals surface area contributed by atoms with Crippen LogP contribution in [0.25, 0.3) is 0 Å². The van der Waals surface area contributed by atoms with Gasteiger partial charge in [-0.3, -0.25) is 9.59 Å². The molecule has 0 aliphatic carbocycles. The fourth-order valence-corrected chi connectivity index (χ4v) is 2.08. The number of nitrogens with zero attached hydrogens (tertiary/aromatic N) is 3. The highest BCUT2D eigenvalue weighted by molar-refractivity contribution is 6.42. The van der Waals surface area contributed by atoms with Crippen LogP contribution in [0.1, 0.15) is 13.3 Å². The maximum atomic E-state index is 12.3. The SMILES string of the molecule is CC(=O)CC(=O)N(N=Nc1ccc(Cl)c(Cl)c1)c1ccc(N)cc1. The Labute approximate surface area is 148 Å². The number of ketones is 1. The van der Waals surface area contributed by atoms with Crippen molar-refractivity contribution < 1.29 is 9.59 Å². The molecule has 24 heavy (non-hydrogen) atoms. The molecular weight excluding hydrogens is 351 g/mol. The van der Waals surface area contributed by atoms with E-state index in [4.69, 9.17) is 28.9 Å². The third-order valence-corrected chi connectivity index (χ3v) is 3.67. The first-order valence-electron chi connectivity index (χ1n) is 6.91. The predicted molar refractivity (Wildman–Crippen MR) is 94.6 cm³/mol. The summed E-state index contributed by atoms with van der Waals surface area (Å²) in [6.45, 7) is 1.33. The van der Waals surface area contributed by atoms with Gasteiger partial charge in [0.15, 0.2) is 0 Å². The normalized spacial score (nSPS) is 10.8. The van der Waals surface area contributed by atoms with E-state index in [0.717, 1.165) is 5.01 Å². The molecule has 0 aromatic heterocycles. The molecule has 124 valence electrons. The van der Waals surface area contributed by atoms with Crippen LogP contribution in [-0.2, 0) is 9.59 Å². The third-order valence-electron chi connectivity index (χ3n) is 2.93. The molecule has 0 radical (unpaired) electrons. The molecule has 0 fully saturated rings. The summed E-state index contributed by atoms with van der Waals surface area (Å²) < 4.78 is 0.